The van der Waals surface area contributed by atoms with Crippen molar-refractivity contribution in [3.8, 4) is 0 Å². The van der Waals surface area contributed by atoms with Gasteiger partial charge in [0.25, 0.3) is 0 Å². The van der Waals surface area contributed by atoms with Gasteiger partial charge >= 0.3 is 5.97 Å². The first-order valence-electron chi connectivity index (χ1n) is 6.58. The molecule has 3 rings (SSSR count). The molecular formula is C13H16N4O2S. The number of fused-ring (bicyclic) bond motifs is 1. The molecular weight excluding hydrogens is 276 g/mol. The Labute approximate surface area is 120 Å². The molecule has 0 spiro atoms. The van der Waals surface area contributed by atoms with E-state index in [0.29, 0.717) is 6.42 Å². The first kappa shape index (κ1) is 13.1. The molecule has 106 valence electrons. The number of carbonyl (C=O) groups is 1. The van der Waals surface area contributed by atoms with Crippen molar-refractivity contribution in [1.82, 2.24) is 14.8 Å². The lowest BCUT2D eigenvalue weighted by molar-refractivity contribution is -0.138. The molecule has 0 amide bonds. The van der Waals surface area contributed by atoms with Crippen LogP contribution < -0.4 is 5.32 Å². The maximum absolute atomic E-state index is 11.1. The standard InChI is InChI=1S/C13H16N4O2S/c1-17-8(5-7-15-17)4-6-14-13-16-11-9(12(18)19)2-3-10(11)20-13/h5,7,9H,2-4,6H2,1H3,(H,14,16)(H,18,19). The molecule has 0 aliphatic heterocycles. The van der Waals surface area contributed by atoms with E-state index < -0.39 is 11.9 Å². The molecule has 1 atom stereocenters. The molecule has 1 aliphatic carbocycles. The minimum atomic E-state index is -0.768. The Hall–Kier alpha value is -1.89. The monoisotopic (exact) mass is 292 g/mol. The lowest BCUT2D eigenvalue weighted by Crippen LogP contribution is -2.10. The van der Waals surface area contributed by atoms with Crippen LogP contribution in [-0.2, 0) is 24.7 Å². The predicted molar refractivity (Wildman–Crippen MR) is 76.2 cm³/mol. The third kappa shape index (κ3) is 2.40. The molecule has 2 aromatic rings. The number of nitrogens with one attached hydrogen (secondary N) is 1. The zero-order chi connectivity index (χ0) is 14.1. The van der Waals surface area contributed by atoms with Gasteiger partial charge in [-0.25, -0.2) is 4.98 Å². The van der Waals surface area contributed by atoms with Crippen LogP contribution >= 0.6 is 11.3 Å². The summed E-state index contributed by atoms with van der Waals surface area (Å²) in [5.74, 6) is -1.19. The van der Waals surface area contributed by atoms with Crippen LogP contribution in [0.5, 0.6) is 0 Å². The number of aryl methyl sites for hydroxylation is 2. The van der Waals surface area contributed by atoms with Crippen LogP contribution in [-0.4, -0.2) is 32.4 Å². The third-order valence-electron chi connectivity index (χ3n) is 3.60. The number of rotatable bonds is 5. The van der Waals surface area contributed by atoms with E-state index in [-0.39, 0.29) is 0 Å². The number of nitrogens with zero attached hydrogens (tertiary/aromatic N) is 3. The zero-order valence-corrected chi connectivity index (χ0v) is 12.0. The van der Waals surface area contributed by atoms with Gasteiger partial charge in [-0.05, 0) is 18.9 Å². The Kier molecular flexibility index (Phi) is 3.43. The summed E-state index contributed by atoms with van der Waals surface area (Å²) in [7, 11) is 1.92. The molecule has 2 N–H and O–H groups in total. The average molecular weight is 292 g/mol. The summed E-state index contributed by atoms with van der Waals surface area (Å²) in [5.41, 5.74) is 1.91. The zero-order valence-electron chi connectivity index (χ0n) is 11.2. The molecule has 1 aliphatic rings. The van der Waals surface area contributed by atoms with Crippen molar-refractivity contribution in [3.05, 3.63) is 28.5 Å². The molecule has 0 aromatic carbocycles. The number of thiazole rings is 1. The smallest absolute Gasteiger partial charge is 0.312 e. The van der Waals surface area contributed by atoms with E-state index in [2.05, 4.69) is 15.4 Å². The van der Waals surface area contributed by atoms with E-state index in [1.165, 1.54) is 0 Å². The Morgan fingerprint density at radius 1 is 1.65 bits per heavy atom. The normalized spacial score (nSPS) is 17.1. The van der Waals surface area contributed by atoms with Crippen molar-refractivity contribution >= 4 is 22.4 Å². The highest BCUT2D eigenvalue weighted by molar-refractivity contribution is 7.15. The van der Waals surface area contributed by atoms with E-state index in [0.717, 1.165) is 40.8 Å². The van der Waals surface area contributed by atoms with Crippen LogP contribution in [0.3, 0.4) is 0 Å². The molecule has 7 heteroatoms. The summed E-state index contributed by atoms with van der Waals surface area (Å²) in [4.78, 5) is 16.7. The van der Waals surface area contributed by atoms with Crippen LogP contribution in [0.1, 0.15) is 28.6 Å². The van der Waals surface area contributed by atoms with Gasteiger partial charge in [-0.2, -0.15) is 5.10 Å². The molecule has 0 radical (unpaired) electrons. The minimum Gasteiger partial charge on any atom is -0.481 e. The highest BCUT2D eigenvalue weighted by Crippen LogP contribution is 2.38. The molecule has 1 unspecified atom stereocenters. The number of aromatic nitrogens is 3. The Morgan fingerprint density at radius 3 is 3.20 bits per heavy atom. The molecule has 2 aromatic heterocycles. The van der Waals surface area contributed by atoms with Crippen molar-refractivity contribution in [3.63, 3.8) is 0 Å². The Morgan fingerprint density at radius 2 is 2.50 bits per heavy atom. The van der Waals surface area contributed by atoms with Gasteiger partial charge in [0.1, 0.15) is 5.92 Å². The van der Waals surface area contributed by atoms with E-state index in [1.54, 1.807) is 17.5 Å². The maximum Gasteiger partial charge on any atom is 0.312 e. The van der Waals surface area contributed by atoms with E-state index in [9.17, 15) is 4.79 Å². The predicted octanol–water partition coefficient (Wildman–Crippen LogP) is 1.65. The van der Waals surface area contributed by atoms with Gasteiger partial charge in [-0.1, -0.05) is 0 Å². The number of hydrogen-bond acceptors (Lipinski definition) is 5. The summed E-state index contributed by atoms with van der Waals surface area (Å²) < 4.78 is 1.85. The fraction of sp³-hybridized carbons (Fsp3) is 0.462. The third-order valence-corrected chi connectivity index (χ3v) is 4.68. The van der Waals surface area contributed by atoms with Gasteiger partial charge in [0.05, 0.1) is 5.69 Å². The van der Waals surface area contributed by atoms with Crippen LogP contribution in [0.4, 0.5) is 5.13 Å². The van der Waals surface area contributed by atoms with Crippen LogP contribution in [0.15, 0.2) is 12.3 Å². The lowest BCUT2D eigenvalue weighted by Gasteiger charge is -2.04. The van der Waals surface area contributed by atoms with E-state index in [4.69, 9.17) is 5.11 Å². The number of anilines is 1. The van der Waals surface area contributed by atoms with Crippen molar-refractivity contribution in [2.45, 2.75) is 25.2 Å². The summed E-state index contributed by atoms with van der Waals surface area (Å²) in [6.45, 7) is 0.768. The first-order valence-corrected chi connectivity index (χ1v) is 7.40. The topological polar surface area (TPSA) is 80.0 Å². The SMILES string of the molecule is Cn1nccc1CCNc1nc2c(s1)CCC2C(=O)O. The molecule has 20 heavy (non-hydrogen) atoms. The summed E-state index contributed by atoms with van der Waals surface area (Å²) in [5, 5.41) is 17.4. The van der Waals surface area contributed by atoms with Crippen molar-refractivity contribution < 1.29 is 9.90 Å². The molecule has 0 saturated heterocycles. The Balaban J connectivity index is 1.61. The van der Waals surface area contributed by atoms with Gasteiger partial charge in [0.15, 0.2) is 5.13 Å². The second-order valence-corrected chi connectivity index (χ2v) is 5.96. The summed E-state index contributed by atoms with van der Waals surface area (Å²) in [6, 6.07) is 1.99. The van der Waals surface area contributed by atoms with Crippen LogP contribution in [0, 0.1) is 0 Å². The Bertz CT molecular complexity index is 634. The summed E-state index contributed by atoms with van der Waals surface area (Å²) >= 11 is 1.58. The van der Waals surface area contributed by atoms with Crippen molar-refractivity contribution in [1.29, 1.82) is 0 Å². The highest BCUT2D eigenvalue weighted by Gasteiger charge is 2.32. The average Bonchev–Trinajstić information content (AvgIpc) is 3.05. The van der Waals surface area contributed by atoms with Gasteiger partial charge in [0, 0.05) is 36.8 Å². The van der Waals surface area contributed by atoms with Crippen molar-refractivity contribution in [2.24, 2.45) is 7.05 Å². The largest absolute Gasteiger partial charge is 0.481 e. The van der Waals surface area contributed by atoms with Crippen LogP contribution in [0.25, 0.3) is 0 Å². The van der Waals surface area contributed by atoms with E-state index >= 15 is 0 Å². The molecule has 2 heterocycles. The fourth-order valence-corrected chi connectivity index (χ4v) is 3.55. The van der Waals surface area contributed by atoms with Gasteiger partial charge < -0.3 is 10.4 Å². The second-order valence-electron chi connectivity index (χ2n) is 4.88. The lowest BCUT2D eigenvalue weighted by atomic mass is 10.1. The molecule has 6 nitrogen and oxygen atoms in total. The first-order chi connectivity index (χ1) is 9.65. The maximum atomic E-state index is 11.1. The van der Waals surface area contributed by atoms with Crippen molar-refractivity contribution in [2.75, 3.05) is 11.9 Å². The van der Waals surface area contributed by atoms with Crippen LogP contribution in [0.2, 0.25) is 0 Å². The fourth-order valence-electron chi connectivity index (χ4n) is 2.49. The molecule has 0 bridgehead atoms. The number of aliphatic carboxylic acids is 1. The van der Waals surface area contributed by atoms with Gasteiger partial charge in [-0.3, -0.25) is 9.48 Å². The molecule has 0 saturated carbocycles. The van der Waals surface area contributed by atoms with Gasteiger partial charge in [-0.15, -0.1) is 11.3 Å². The molecule has 0 fully saturated rings. The van der Waals surface area contributed by atoms with E-state index in [1.807, 2.05) is 17.8 Å². The number of carboxylic acid groups (broad SMARTS) is 1. The number of carboxylic acids is 1. The minimum absolute atomic E-state index is 0.422. The quantitative estimate of drug-likeness (QED) is 0.876. The number of hydrogen-bond donors (Lipinski definition) is 2. The highest BCUT2D eigenvalue weighted by atomic mass is 32.1. The summed E-state index contributed by atoms with van der Waals surface area (Å²) in [6.07, 6.45) is 4.15. The van der Waals surface area contributed by atoms with Gasteiger partial charge in [0.2, 0.25) is 0 Å². The second kappa shape index (κ2) is 5.24.